The molecule has 0 fully saturated rings. The van der Waals surface area contributed by atoms with Gasteiger partial charge in [0.05, 0.1) is 0 Å². The van der Waals surface area contributed by atoms with Crippen LogP contribution in [0.2, 0.25) is 0 Å². The van der Waals surface area contributed by atoms with Crippen LogP contribution in [-0.4, -0.2) is 0 Å². The molecule has 0 saturated carbocycles. The van der Waals surface area contributed by atoms with Gasteiger partial charge in [-0.1, -0.05) is 0 Å². The van der Waals surface area contributed by atoms with Gasteiger partial charge in [0.2, 0.25) is 0 Å². The van der Waals surface area contributed by atoms with Crippen LogP contribution in [0.5, 0.6) is 0 Å². The molecule has 0 rings (SSSR count). The molecule has 0 aliphatic heterocycles. The summed E-state index contributed by atoms with van der Waals surface area (Å²) in [4.78, 5) is 0. The summed E-state index contributed by atoms with van der Waals surface area (Å²) in [6, 6.07) is 0. The van der Waals surface area contributed by atoms with E-state index in [9.17, 15) is 0 Å². The van der Waals surface area contributed by atoms with E-state index in [2.05, 4.69) is 0 Å². The molecular weight excluding hydrogens is 102 g/mol. The molecule has 4 heavy (non-hydrogen) atoms. The van der Waals surface area contributed by atoms with Crippen molar-refractivity contribution in [3.63, 3.8) is 0 Å². The van der Waals surface area contributed by atoms with Crippen molar-refractivity contribution >= 4 is 0 Å². The topological polar surface area (TPSA) is 17.1 Å². The first-order chi connectivity index (χ1) is 1.00. The molecular formula is H2F2OTi. The van der Waals surface area contributed by atoms with Crippen molar-refractivity contribution in [2.24, 2.45) is 0 Å². The first-order valence-electron chi connectivity index (χ1n) is 0.204. The summed E-state index contributed by atoms with van der Waals surface area (Å²) in [5.74, 6) is 0. The van der Waals surface area contributed by atoms with Gasteiger partial charge in [-0.2, -0.15) is 0 Å². The first-order valence-corrected chi connectivity index (χ1v) is 0.842. The van der Waals surface area contributed by atoms with E-state index in [0.29, 0.717) is 0 Å². The van der Waals surface area contributed by atoms with Crippen LogP contribution < -0.4 is 0 Å². The van der Waals surface area contributed by atoms with Gasteiger partial charge in [-0.05, 0) is 0 Å². The van der Waals surface area contributed by atoms with Crippen molar-refractivity contribution in [3.05, 3.63) is 0 Å². The van der Waals surface area contributed by atoms with Crippen LogP contribution in [0.4, 0.5) is 9.41 Å². The maximum atomic E-state index is 8.25. The van der Waals surface area contributed by atoms with E-state index < -0.39 is 0 Å². The molecule has 0 spiro atoms. The Hall–Kier alpha value is 0.374. The monoisotopic (exact) mass is 104 g/mol. The summed E-state index contributed by atoms with van der Waals surface area (Å²) >= 11 is 0.750. The fourth-order valence-electron chi connectivity index (χ4n) is 0. The maximum absolute atomic E-state index is 8.25. The zero-order chi connectivity index (χ0) is 2.00. The van der Waals surface area contributed by atoms with Gasteiger partial charge in [0.15, 0.2) is 0 Å². The van der Waals surface area contributed by atoms with Crippen molar-refractivity contribution in [1.29, 1.82) is 0 Å². The summed E-state index contributed by atoms with van der Waals surface area (Å²) in [5.41, 5.74) is 0. The third kappa shape index (κ3) is 32.0. The summed E-state index contributed by atoms with van der Waals surface area (Å²) in [6.07, 6.45) is 0. The van der Waals surface area contributed by atoms with Crippen LogP contribution in [0.3, 0.4) is 0 Å². The third-order valence-corrected chi connectivity index (χ3v) is 0. The molecule has 0 aromatic carbocycles. The number of rotatable bonds is 0. The van der Waals surface area contributed by atoms with Gasteiger partial charge in [-0.15, -0.1) is 0 Å². The fraction of sp³-hybridized carbons (Fsp3) is 0. The summed E-state index contributed by atoms with van der Waals surface area (Å²) in [6.45, 7) is 0. The zero-order valence-electron chi connectivity index (χ0n) is 1.72. The second-order valence-corrected chi connectivity index (χ2v) is 0. The Labute approximate surface area is 33.8 Å². The van der Waals surface area contributed by atoms with Crippen LogP contribution in [0, 0.1) is 0 Å². The molecule has 0 amide bonds. The Bertz CT molecular complexity index is 6.00. The van der Waals surface area contributed by atoms with E-state index in [1.54, 1.807) is 0 Å². The van der Waals surface area contributed by atoms with E-state index >= 15 is 0 Å². The van der Waals surface area contributed by atoms with Gasteiger partial charge in [-0.25, -0.2) is 0 Å². The average Bonchev–Trinajstić information content (AvgIpc) is 1.00. The molecule has 0 heterocycles. The normalized spacial score (nSPS) is 0.750. The molecule has 0 atom stereocenters. The second kappa shape index (κ2) is 136. The fourth-order valence-corrected chi connectivity index (χ4v) is 0. The quantitative estimate of drug-likeness (QED) is 0.400. The molecule has 0 bridgehead atoms. The predicted octanol–water partition coefficient (Wildman–Crippen LogP) is 0.184. The van der Waals surface area contributed by atoms with Crippen LogP contribution >= 0.6 is 0 Å². The minimum atomic E-state index is 0. The summed E-state index contributed by atoms with van der Waals surface area (Å²) in [7, 11) is 0. The van der Waals surface area contributed by atoms with Crippen LogP contribution in [0.25, 0.3) is 0 Å². The standard InChI is InChI=1S/2FH.O.Ti/h2*1H;;. The van der Waals surface area contributed by atoms with E-state index in [0.717, 1.165) is 20.4 Å². The van der Waals surface area contributed by atoms with Crippen LogP contribution in [0.1, 0.15) is 0 Å². The number of halogens is 2. The molecule has 0 aliphatic carbocycles. The predicted molar refractivity (Wildman–Crippen MR) is 5.69 cm³/mol. The second-order valence-electron chi connectivity index (χ2n) is 0. The molecule has 0 aromatic rings. The third-order valence-electron chi connectivity index (χ3n) is 0. The first kappa shape index (κ1) is 26.4. The molecule has 0 aliphatic rings. The Kier molecular flexibility index (Phi) is 895. The van der Waals surface area contributed by atoms with Crippen LogP contribution in [0.15, 0.2) is 0 Å². The van der Waals surface area contributed by atoms with Gasteiger partial charge in [-0.3, -0.25) is 9.41 Å². The Morgan fingerprint density at radius 3 is 1.00 bits per heavy atom. The van der Waals surface area contributed by atoms with Crippen molar-refractivity contribution < 1.29 is 33.1 Å². The molecule has 0 N–H and O–H groups in total. The molecule has 0 aromatic heterocycles. The molecule has 26 valence electrons. The molecule has 0 unspecified atom stereocenters. The van der Waals surface area contributed by atoms with E-state index in [-0.39, 0.29) is 9.41 Å². The number of hydrogen-bond donors (Lipinski definition) is 0. The van der Waals surface area contributed by atoms with Gasteiger partial charge >= 0.3 is 23.7 Å². The average molecular weight is 104 g/mol. The summed E-state index contributed by atoms with van der Waals surface area (Å²) < 4.78 is 8.25. The van der Waals surface area contributed by atoms with Crippen LogP contribution in [-0.2, 0) is 23.7 Å². The van der Waals surface area contributed by atoms with Crippen molar-refractivity contribution in [3.8, 4) is 0 Å². The van der Waals surface area contributed by atoms with Crippen molar-refractivity contribution in [2.45, 2.75) is 0 Å². The number of hydrogen-bond acceptors (Lipinski definition) is 1. The molecule has 0 saturated heterocycles. The Morgan fingerprint density at radius 1 is 1.00 bits per heavy atom. The Morgan fingerprint density at radius 2 is 1.00 bits per heavy atom. The summed E-state index contributed by atoms with van der Waals surface area (Å²) in [5, 5.41) is 0. The van der Waals surface area contributed by atoms with Gasteiger partial charge < -0.3 is 0 Å². The SMILES string of the molecule is F.F.[O]=[Ti]. The van der Waals surface area contributed by atoms with Crippen molar-refractivity contribution in [1.82, 2.24) is 0 Å². The van der Waals surface area contributed by atoms with E-state index in [1.165, 1.54) is 0 Å². The van der Waals surface area contributed by atoms with E-state index in [4.69, 9.17) is 3.32 Å². The molecule has 1 nitrogen and oxygen atoms in total. The van der Waals surface area contributed by atoms with E-state index in [1.807, 2.05) is 0 Å². The van der Waals surface area contributed by atoms with Crippen molar-refractivity contribution in [2.75, 3.05) is 0 Å². The zero-order valence-corrected chi connectivity index (χ0v) is 3.29. The molecule has 0 radical (unpaired) electrons. The minimum absolute atomic E-state index is 0. The van der Waals surface area contributed by atoms with Gasteiger partial charge in [0.25, 0.3) is 0 Å². The molecule has 4 heteroatoms. The van der Waals surface area contributed by atoms with Gasteiger partial charge in [0, 0.05) is 0 Å². The van der Waals surface area contributed by atoms with Gasteiger partial charge in [0.1, 0.15) is 0 Å². The Balaban J connectivity index is -0.00000000500.